The van der Waals surface area contributed by atoms with E-state index in [1.165, 1.54) is 18.3 Å². The number of sulfonamides is 1. The van der Waals surface area contributed by atoms with Crippen LogP contribution >= 0.6 is 0 Å². The highest BCUT2D eigenvalue weighted by Gasteiger charge is 2.14. The molecule has 1 aromatic carbocycles. The lowest BCUT2D eigenvalue weighted by atomic mass is 10.3. The second kappa shape index (κ2) is 5.79. The summed E-state index contributed by atoms with van der Waals surface area (Å²) in [5.41, 5.74) is 5.93. The quantitative estimate of drug-likeness (QED) is 0.877. The first kappa shape index (κ1) is 14.1. The molecule has 7 heteroatoms. The average Bonchev–Trinajstić information content (AvgIpc) is 2.41. The minimum absolute atomic E-state index is 0.0684. The van der Waals surface area contributed by atoms with E-state index in [9.17, 15) is 8.42 Å². The molecule has 6 nitrogen and oxygen atoms in total. The van der Waals surface area contributed by atoms with Crippen molar-refractivity contribution < 1.29 is 13.2 Å². The number of nitrogens with two attached hydrogens (primary N) is 1. The molecule has 3 N–H and O–H groups in total. The summed E-state index contributed by atoms with van der Waals surface area (Å²) in [6.45, 7) is 2.44. The van der Waals surface area contributed by atoms with Gasteiger partial charge in [-0.25, -0.2) is 13.4 Å². The summed E-state index contributed by atoms with van der Waals surface area (Å²) < 4.78 is 32.0. The van der Waals surface area contributed by atoms with Crippen molar-refractivity contribution in [1.82, 2.24) is 4.98 Å². The van der Waals surface area contributed by atoms with E-state index >= 15 is 0 Å². The van der Waals surface area contributed by atoms with Crippen LogP contribution < -0.4 is 15.2 Å². The number of anilines is 2. The van der Waals surface area contributed by atoms with Crippen LogP contribution in [0.5, 0.6) is 5.75 Å². The van der Waals surface area contributed by atoms with Gasteiger partial charge in [0.2, 0.25) is 0 Å². The lowest BCUT2D eigenvalue weighted by molar-refractivity contribution is 0.340. The Morgan fingerprint density at radius 3 is 2.55 bits per heavy atom. The zero-order valence-electron chi connectivity index (χ0n) is 10.9. The first-order valence-corrected chi connectivity index (χ1v) is 7.47. The van der Waals surface area contributed by atoms with E-state index in [0.717, 1.165) is 0 Å². The molecule has 1 heterocycles. The van der Waals surface area contributed by atoms with Gasteiger partial charge in [0, 0.05) is 18.0 Å². The van der Waals surface area contributed by atoms with E-state index in [-0.39, 0.29) is 10.7 Å². The summed E-state index contributed by atoms with van der Waals surface area (Å²) in [4.78, 5) is 3.83. The zero-order chi connectivity index (χ0) is 14.6. The first-order valence-electron chi connectivity index (χ1n) is 5.98. The first-order chi connectivity index (χ1) is 9.51. The van der Waals surface area contributed by atoms with Crippen LogP contribution in [0.25, 0.3) is 0 Å². The van der Waals surface area contributed by atoms with E-state index < -0.39 is 10.0 Å². The van der Waals surface area contributed by atoms with Crippen LogP contribution in [0.15, 0.2) is 47.5 Å². The van der Waals surface area contributed by atoms with E-state index in [2.05, 4.69) is 9.71 Å². The standard InChI is InChI=1S/C13H15N3O3S/c1-2-19-11-5-3-10(4-6-11)16-20(17,18)12-7-8-15-13(14)9-12/h3-9,16H,2H2,1H3,(H2,14,15). The Balaban J connectivity index is 2.20. The summed E-state index contributed by atoms with van der Waals surface area (Å²) in [7, 11) is -3.67. The maximum Gasteiger partial charge on any atom is 0.262 e. The molecule has 0 spiro atoms. The van der Waals surface area contributed by atoms with Crippen LogP contribution in [0, 0.1) is 0 Å². The number of aromatic nitrogens is 1. The molecule has 0 unspecified atom stereocenters. The molecule has 0 aliphatic heterocycles. The van der Waals surface area contributed by atoms with Gasteiger partial charge >= 0.3 is 0 Å². The Morgan fingerprint density at radius 2 is 1.95 bits per heavy atom. The highest BCUT2D eigenvalue weighted by Crippen LogP contribution is 2.19. The number of nitrogens with one attached hydrogen (secondary N) is 1. The van der Waals surface area contributed by atoms with Crippen LogP contribution in [0.3, 0.4) is 0 Å². The number of pyridine rings is 1. The number of hydrogen-bond acceptors (Lipinski definition) is 5. The van der Waals surface area contributed by atoms with E-state index in [0.29, 0.717) is 18.0 Å². The smallest absolute Gasteiger partial charge is 0.262 e. The fraction of sp³-hybridized carbons (Fsp3) is 0.154. The van der Waals surface area contributed by atoms with Crippen LogP contribution in [0.2, 0.25) is 0 Å². The number of hydrogen-bond donors (Lipinski definition) is 2. The molecule has 0 aliphatic carbocycles. The third-order valence-corrected chi connectivity index (χ3v) is 3.86. The number of ether oxygens (including phenoxy) is 1. The maximum absolute atomic E-state index is 12.1. The van der Waals surface area contributed by atoms with Crippen molar-refractivity contribution in [2.45, 2.75) is 11.8 Å². The SMILES string of the molecule is CCOc1ccc(NS(=O)(=O)c2ccnc(N)c2)cc1. The molecule has 0 saturated carbocycles. The predicted molar refractivity (Wildman–Crippen MR) is 77.1 cm³/mol. The third-order valence-electron chi connectivity index (χ3n) is 2.48. The molecule has 0 aliphatic rings. The normalized spacial score (nSPS) is 11.1. The van der Waals surface area contributed by atoms with Gasteiger partial charge in [-0.2, -0.15) is 0 Å². The second-order valence-electron chi connectivity index (χ2n) is 3.98. The van der Waals surface area contributed by atoms with Gasteiger partial charge in [-0.15, -0.1) is 0 Å². The van der Waals surface area contributed by atoms with Crippen LogP contribution in [0.1, 0.15) is 6.92 Å². The summed E-state index contributed by atoms with van der Waals surface area (Å²) >= 11 is 0. The molecular formula is C13H15N3O3S. The van der Waals surface area contributed by atoms with Crippen LogP contribution in [0.4, 0.5) is 11.5 Å². The van der Waals surface area contributed by atoms with Crippen molar-refractivity contribution in [3.8, 4) is 5.75 Å². The molecule has 0 amide bonds. The number of nitrogen functional groups attached to an aromatic ring is 1. The zero-order valence-corrected chi connectivity index (χ0v) is 11.7. The molecule has 0 radical (unpaired) electrons. The van der Waals surface area contributed by atoms with Gasteiger partial charge in [0.1, 0.15) is 11.6 Å². The van der Waals surface area contributed by atoms with Gasteiger partial charge in [0.15, 0.2) is 0 Å². The van der Waals surface area contributed by atoms with Crippen molar-refractivity contribution in [3.63, 3.8) is 0 Å². The lowest BCUT2D eigenvalue weighted by Gasteiger charge is -2.09. The Hall–Kier alpha value is -2.28. The molecular weight excluding hydrogens is 278 g/mol. The molecule has 0 bridgehead atoms. The predicted octanol–water partition coefficient (Wildman–Crippen LogP) is 1.86. The topological polar surface area (TPSA) is 94.3 Å². The van der Waals surface area contributed by atoms with Crippen molar-refractivity contribution in [2.75, 3.05) is 17.1 Å². The van der Waals surface area contributed by atoms with Gasteiger partial charge in [0.25, 0.3) is 10.0 Å². The summed E-state index contributed by atoms with van der Waals surface area (Å²) in [5, 5.41) is 0. The fourth-order valence-corrected chi connectivity index (χ4v) is 2.68. The van der Waals surface area contributed by atoms with Crippen LogP contribution in [-0.4, -0.2) is 20.0 Å². The Morgan fingerprint density at radius 1 is 1.25 bits per heavy atom. The number of nitrogens with zero attached hydrogens (tertiary/aromatic N) is 1. The van der Waals surface area contributed by atoms with E-state index in [1.54, 1.807) is 24.3 Å². The highest BCUT2D eigenvalue weighted by atomic mass is 32.2. The van der Waals surface area contributed by atoms with Gasteiger partial charge in [-0.05, 0) is 37.3 Å². The van der Waals surface area contributed by atoms with Crippen molar-refractivity contribution in [1.29, 1.82) is 0 Å². The minimum Gasteiger partial charge on any atom is -0.494 e. The van der Waals surface area contributed by atoms with Gasteiger partial charge < -0.3 is 10.5 Å². The van der Waals surface area contributed by atoms with Crippen molar-refractivity contribution in [3.05, 3.63) is 42.6 Å². The molecule has 1 aromatic heterocycles. The van der Waals surface area contributed by atoms with Gasteiger partial charge in [0.05, 0.1) is 11.5 Å². The summed E-state index contributed by atoms with van der Waals surface area (Å²) in [6.07, 6.45) is 1.35. The maximum atomic E-state index is 12.1. The number of rotatable bonds is 5. The Kier molecular flexibility index (Phi) is 4.09. The Bertz CT molecular complexity index is 684. The Labute approximate surface area is 117 Å². The van der Waals surface area contributed by atoms with Crippen molar-refractivity contribution >= 4 is 21.5 Å². The summed E-state index contributed by atoms with van der Waals surface area (Å²) in [6, 6.07) is 9.34. The average molecular weight is 293 g/mol. The monoisotopic (exact) mass is 293 g/mol. The molecule has 0 atom stereocenters. The van der Waals surface area contributed by atoms with E-state index in [1.807, 2.05) is 6.92 Å². The second-order valence-corrected chi connectivity index (χ2v) is 5.66. The molecule has 106 valence electrons. The molecule has 0 saturated heterocycles. The fourth-order valence-electron chi connectivity index (χ4n) is 1.60. The van der Waals surface area contributed by atoms with Gasteiger partial charge in [-0.1, -0.05) is 0 Å². The lowest BCUT2D eigenvalue weighted by Crippen LogP contribution is -2.13. The van der Waals surface area contributed by atoms with Crippen molar-refractivity contribution in [2.24, 2.45) is 0 Å². The van der Waals surface area contributed by atoms with Crippen LogP contribution in [-0.2, 0) is 10.0 Å². The molecule has 2 aromatic rings. The number of benzene rings is 1. The molecule has 2 rings (SSSR count). The highest BCUT2D eigenvalue weighted by molar-refractivity contribution is 7.92. The van der Waals surface area contributed by atoms with Gasteiger partial charge in [-0.3, -0.25) is 4.72 Å². The third kappa shape index (κ3) is 3.39. The molecule has 0 fully saturated rings. The van der Waals surface area contributed by atoms with E-state index in [4.69, 9.17) is 10.5 Å². The summed E-state index contributed by atoms with van der Waals surface area (Å²) in [5.74, 6) is 0.836. The molecule has 20 heavy (non-hydrogen) atoms. The largest absolute Gasteiger partial charge is 0.494 e. The minimum atomic E-state index is -3.67.